The third kappa shape index (κ3) is 4.11. The molecule has 0 aliphatic carbocycles. The molecule has 2 N–H and O–H groups in total. The van der Waals surface area contributed by atoms with E-state index in [9.17, 15) is 0 Å². The van der Waals surface area contributed by atoms with E-state index in [-0.39, 0.29) is 6.04 Å². The Bertz CT molecular complexity index is 343. The molecule has 1 aromatic carbocycles. The van der Waals surface area contributed by atoms with Crippen LogP contribution in [0.25, 0.3) is 0 Å². The second-order valence-electron chi connectivity index (χ2n) is 5.69. The predicted molar refractivity (Wildman–Crippen MR) is 79.7 cm³/mol. The quantitative estimate of drug-likeness (QED) is 0.837. The van der Waals surface area contributed by atoms with Crippen molar-refractivity contribution in [2.45, 2.75) is 46.2 Å². The van der Waals surface area contributed by atoms with Crippen LogP contribution >= 0.6 is 0 Å². The van der Waals surface area contributed by atoms with Gasteiger partial charge in [-0.1, -0.05) is 45.0 Å². The summed E-state index contributed by atoms with van der Waals surface area (Å²) >= 11 is 0. The van der Waals surface area contributed by atoms with Gasteiger partial charge in [-0.05, 0) is 37.4 Å². The number of likely N-dealkylation sites (N-methyl/N-ethyl adjacent to an activating group) is 1. The van der Waals surface area contributed by atoms with Gasteiger partial charge in [-0.25, -0.2) is 0 Å². The summed E-state index contributed by atoms with van der Waals surface area (Å²) in [6, 6.07) is 9.15. The molecule has 0 radical (unpaired) electrons. The van der Waals surface area contributed by atoms with Crippen LogP contribution in [0.3, 0.4) is 0 Å². The highest BCUT2D eigenvalue weighted by Gasteiger charge is 2.19. The van der Waals surface area contributed by atoms with E-state index in [1.807, 2.05) is 0 Å². The summed E-state index contributed by atoms with van der Waals surface area (Å²) in [7, 11) is 2.16. The van der Waals surface area contributed by atoms with Crippen LogP contribution in [0.15, 0.2) is 24.3 Å². The lowest BCUT2D eigenvalue weighted by molar-refractivity contribution is 0.204. The maximum absolute atomic E-state index is 6.37. The molecule has 0 saturated carbocycles. The van der Waals surface area contributed by atoms with Crippen LogP contribution in [0, 0.1) is 5.92 Å². The molecule has 18 heavy (non-hydrogen) atoms. The summed E-state index contributed by atoms with van der Waals surface area (Å²) in [4.78, 5) is 2.35. The number of aryl methyl sites for hydroxylation is 1. The Morgan fingerprint density at radius 2 is 1.67 bits per heavy atom. The van der Waals surface area contributed by atoms with Crippen molar-refractivity contribution in [2.24, 2.45) is 11.7 Å². The first-order valence-corrected chi connectivity index (χ1v) is 7.00. The molecule has 0 saturated heterocycles. The monoisotopic (exact) mass is 248 g/mol. The zero-order chi connectivity index (χ0) is 13.7. The molecule has 2 nitrogen and oxygen atoms in total. The van der Waals surface area contributed by atoms with Crippen LogP contribution in [-0.2, 0) is 6.42 Å². The Hall–Kier alpha value is -0.860. The molecular weight excluding hydrogens is 220 g/mol. The van der Waals surface area contributed by atoms with Gasteiger partial charge >= 0.3 is 0 Å². The highest BCUT2D eigenvalue weighted by atomic mass is 15.1. The average Bonchev–Trinajstić information content (AvgIpc) is 2.36. The highest BCUT2D eigenvalue weighted by molar-refractivity contribution is 5.25. The van der Waals surface area contributed by atoms with Crippen LogP contribution in [0.2, 0.25) is 0 Å². The second-order valence-corrected chi connectivity index (χ2v) is 5.69. The van der Waals surface area contributed by atoms with E-state index in [2.05, 4.69) is 63.9 Å². The van der Waals surface area contributed by atoms with E-state index in [1.165, 1.54) is 11.1 Å². The first-order valence-electron chi connectivity index (χ1n) is 7.00. The molecule has 0 aliphatic rings. The topological polar surface area (TPSA) is 29.3 Å². The van der Waals surface area contributed by atoms with Gasteiger partial charge in [0.15, 0.2) is 0 Å². The molecule has 2 heteroatoms. The van der Waals surface area contributed by atoms with Gasteiger partial charge in [-0.15, -0.1) is 0 Å². The van der Waals surface area contributed by atoms with Gasteiger partial charge in [0, 0.05) is 18.6 Å². The SMILES string of the molecule is CCc1ccc(C(N)C(C)N(C)CC(C)C)cc1. The van der Waals surface area contributed by atoms with Gasteiger partial charge in [-0.2, -0.15) is 0 Å². The molecule has 102 valence electrons. The minimum atomic E-state index is 0.0830. The van der Waals surface area contributed by atoms with E-state index in [0.29, 0.717) is 12.0 Å². The number of nitrogens with two attached hydrogens (primary N) is 1. The molecule has 1 rings (SSSR count). The molecular formula is C16H28N2. The fraction of sp³-hybridized carbons (Fsp3) is 0.625. The van der Waals surface area contributed by atoms with Gasteiger partial charge in [0.05, 0.1) is 0 Å². The second kappa shape index (κ2) is 6.91. The van der Waals surface area contributed by atoms with Crippen molar-refractivity contribution < 1.29 is 0 Å². The Morgan fingerprint density at radius 3 is 2.11 bits per heavy atom. The minimum Gasteiger partial charge on any atom is -0.323 e. The molecule has 0 aliphatic heterocycles. The lowest BCUT2D eigenvalue weighted by Crippen LogP contribution is -2.40. The summed E-state index contributed by atoms with van der Waals surface area (Å²) in [5.41, 5.74) is 8.97. The van der Waals surface area contributed by atoms with Gasteiger partial charge < -0.3 is 10.6 Å². The Morgan fingerprint density at radius 1 is 1.11 bits per heavy atom. The van der Waals surface area contributed by atoms with Gasteiger partial charge in [0.2, 0.25) is 0 Å². The summed E-state index contributed by atoms with van der Waals surface area (Å²) in [5.74, 6) is 0.673. The third-order valence-electron chi connectivity index (χ3n) is 3.64. The smallest absolute Gasteiger partial charge is 0.0450 e. The van der Waals surface area contributed by atoms with E-state index >= 15 is 0 Å². The summed E-state index contributed by atoms with van der Waals surface area (Å²) in [6.45, 7) is 9.95. The largest absolute Gasteiger partial charge is 0.323 e. The van der Waals surface area contributed by atoms with Crippen LogP contribution in [0.5, 0.6) is 0 Å². The average molecular weight is 248 g/mol. The predicted octanol–water partition coefficient (Wildman–Crippen LogP) is 3.23. The van der Waals surface area contributed by atoms with E-state index in [4.69, 9.17) is 5.73 Å². The van der Waals surface area contributed by atoms with Crippen molar-refractivity contribution in [2.75, 3.05) is 13.6 Å². The molecule has 0 heterocycles. The zero-order valence-electron chi connectivity index (χ0n) is 12.5. The fourth-order valence-corrected chi connectivity index (χ4v) is 2.27. The molecule has 1 aromatic rings. The molecule has 0 bridgehead atoms. The van der Waals surface area contributed by atoms with Crippen molar-refractivity contribution in [1.29, 1.82) is 0 Å². The highest BCUT2D eigenvalue weighted by Crippen LogP contribution is 2.19. The van der Waals surface area contributed by atoms with Crippen molar-refractivity contribution in [3.63, 3.8) is 0 Å². The fourth-order valence-electron chi connectivity index (χ4n) is 2.27. The van der Waals surface area contributed by atoms with Crippen molar-refractivity contribution >= 4 is 0 Å². The number of hydrogen-bond donors (Lipinski definition) is 1. The first kappa shape index (κ1) is 15.2. The molecule has 0 fully saturated rings. The van der Waals surface area contributed by atoms with Crippen molar-refractivity contribution in [3.05, 3.63) is 35.4 Å². The first-order chi connectivity index (χ1) is 8.45. The normalized spacial score (nSPS) is 15.1. The number of rotatable bonds is 6. The van der Waals surface area contributed by atoms with Crippen LogP contribution in [-0.4, -0.2) is 24.5 Å². The molecule has 0 amide bonds. The van der Waals surface area contributed by atoms with Gasteiger partial charge in [-0.3, -0.25) is 0 Å². The van der Waals surface area contributed by atoms with E-state index in [1.54, 1.807) is 0 Å². The van der Waals surface area contributed by atoms with Crippen molar-refractivity contribution in [1.82, 2.24) is 4.90 Å². The van der Waals surface area contributed by atoms with E-state index in [0.717, 1.165) is 13.0 Å². The molecule has 0 spiro atoms. The Kier molecular flexibility index (Phi) is 5.83. The Labute approximate surface area is 112 Å². The van der Waals surface area contributed by atoms with Crippen LogP contribution in [0.4, 0.5) is 0 Å². The van der Waals surface area contributed by atoms with Gasteiger partial charge in [0.25, 0.3) is 0 Å². The lowest BCUT2D eigenvalue weighted by Gasteiger charge is -2.31. The van der Waals surface area contributed by atoms with Gasteiger partial charge in [0.1, 0.15) is 0 Å². The summed E-state index contributed by atoms with van der Waals surface area (Å²) in [6.07, 6.45) is 1.08. The number of benzene rings is 1. The zero-order valence-corrected chi connectivity index (χ0v) is 12.5. The molecule has 2 atom stereocenters. The molecule has 0 aromatic heterocycles. The number of hydrogen-bond acceptors (Lipinski definition) is 2. The summed E-state index contributed by atoms with van der Waals surface area (Å²) in [5, 5.41) is 0. The third-order valence-corrected chi connectivity index (χ3v) is 3.64. The molecule has 2 unspecified atom stereocenters. The van der Waals surface area contributed by atoms with E-state index < -0.39 is 0 Å². The Balaban J connectivity index is 2.69. The van der Waals surface area contributed by atoms with Crippen molar-refractivity contribution in [3.8, 4) is 0 Å². The van der Waals surface area contributed by atoms with Crippen LogP contribution in [0.1, 0.15) is 44.9 Å². The maximum atomic E-state index is 6.37. The maximum Gasteiger partial charge on any atom is 0.0450 e. The lowest BCUT2D eigenvalue weighted by atomic mass is 9.98. The summed E-state index contributed by atoms with van der Waals surface area (Å²) < 4.78 is 0. The minimum absolute atomic E-state index is 0.0830. The number of nitrogens with zero attached hydrogens (tertiary/aromatic N) is 1. The van der Waals surface area contributed by atoms with Crippen LogP contribution < -0.4 is 5.73 Å². The standard InChI is InChI=1S/C16H28N2/c1-6-14-7-9-15(10-8-14)16(17)13(4)18(5)11-12(2)3/h7-10,12-13,16H,6,11,17H2,1-5H3.